The largest absolute Gasteiger partial charge is 0.491 e. The molecule has 1 aromatic heterocycles. The van der Waals surface area contributed by atoms with Gasteiger partial charge < -0.3 is 13.9 Å². The molecule has 25 heavy (non-hydrogen) atoms. The van der Waals surface area contributed by atoms with E-state index in [9.17, 15) is 8.42 Å². The van der Waals surface area contributed by atoms with Crippen molar-refractivity contribution in [3.05, 3.63) is 36.4 Å². The number of oxazole rings is 1. The van der Waals surface area contributed by atoms with Crippen molar-refractivity contribution in [2.75, 3.05) is 19.5 Å². The molecule has 0 spiro atoms. The van der Waals surface area contributed by atoms with Gasteiger partial charge in [-0.2, -0.15) is 0 Å². The maximum absolute atomic E-state index is 11.5. The standard InChI is InChI=1S/C17H22N2O5S/c1-12-18-16(10-23-12)13-5-7-14(8-6-13)24-11-17-15(4-3-9-22-17)19-25(2,20)21/h5-8,10,15,17,19H,3-4,9,11H2,1-2H3. The van der Waals surface area contributed by atoms with Gasteiger partial charge >= 0.3 is 0 Å². The van der Waals surface area contributed by atoms with Crippen LogP contribution in [0.4, 0.5) is 0 Å². The zero-order valence-corrected chi connectivity index (χ0v) is 15.1. The highest BCUT2D eigenvalue weighted by Crippen LogP contribution is 2.23. The number of aryl methyl sites for hydroxylation is 1. The van der Waals surface area contributed by atoms with E-state index in [2.05, 4.69) is 9.71 Å². The van der Waals surface area contributed by atoms with Crippen LogP contribution in [0, 0.1) is 6.92 Å². The number of ether oxygens (including phenoxy) is 2. The number of hydrogen-bond acceptors (Lipinski definition) is 6. The fourth-order valence-electron chi connectivity index (χ4n) is 2.81. The molecule has 7 nitrogen and oxygen atoms in total. The highest BCUT2D eigenvalue weighted by Gasteiger charge is 2.28. The summed E-state index contributed by atoms with van der Waals surface area (Å²) in [6.45, 7) is 2.70. The Morgan fingerprint density at radius 1 is 1.32 bits per heavy atom. The first kappa shape index (κ1) is 17.9. The van der Waals surface area contributed by atoms with Crippen LogP contribution in [0.1, 0.15) is 18.7 Å². The molecule has 1 N–H and O–H groups in total. The highest BCUT2D eigenvalue weighted by atomic mass is 32.2. The van der Waals surface area contributed by atoms with Crippen molar-refractivity contribution in [1.82, 2.24) is 9.71 Å². The first-order chi connectivity index (χ1) is 11.9. The molecule has 1 fully saturated rings. The van der Waals surface area contributed by atoms with E-state index in [1.807, 2.05) is 24.3 Å². The Kier molecular flexibility index (Phi) is 5.41. The Morgan fingerprint density at radius 2 is 2.08 bits per heavy atom. The van der Waals surface area contributed by atoms with E-state index in [1.165, 1.54) is 0 Å². The molecule has 1 aromatic carbocycles. The monoisotopic (exact) mass is 366 g/mol. The van der Waals surface area contributed by atoms with Crippen molar-refractivity contribution in [3.63, 3.8) is 0 Å². The molecule has 0 bridgehead atoms. The van der Waals surface area contributed by atoms with Gasteiger partial charge in [-0.05, 0) is 37.1 Å². The normalized spacial score (nSPS) is 21.2. The molecule has 0 radical (unpaired) electrons. The average Bonchev–Trinajstić information content (AvgIpc) is 3.00. The van der Waals surface area contributed by atoms with E-state index in [0.717, 1.165) is 30.4 Å². The van der Waals surface area contributed by atoms with E-state index >= 15 is 0 Å². The summed E-state index contributed by atoms with van der Waals surface area (Å²) in [4.78, 5) is 4.28. The zero-order valence-electron chi connectivity index (χ0n) is 14.3. The quantitative estimate of drug-likeness (QED) is 0.842. The second-order valence-corrected chi connectivity index (χ2v) is 7.92. The van der Waals surface area contributed by atoms with Gasteiger partial charge in [0.25, 0.3) is 0 Å². The first-order valence-corrected chi connectivity index (χ1v) is 10.0. The molecule has 136 valence electrons. The van der Waals surface area contributed by atoms with Crippen molar-refractivity contribution in [1.29, 1.82) is 0 Å². The Morgan fingerprint density at radius 3 is 2.72 bits per heavy atom. The topological polar surface area (TPSA) is 90.7 Å². The fraction of sp³-hybridized carbons (Fsp3) is 0.471. The summed E-state index contributed by atoms with van der Waals surface area (Å²) in [6, 6.07) is 7.24. The summed E-state index contributed by atoms with van der Waals surface area (Å²) in [5, 5.41) is 0. The third-order valence-electron chi connectivity index (χ3n) is 3.99. The van der Waals surface area contributed by atoms with Crippen molar-refractivity contribution in [3.8, 4) is 17.0 Å². The molecule has 0 saturated carbocycles. The SMILES string of the molecule is Cc1nc(-c2ccc(OCC3OCCCC3NS(C)(=O)=O)cc2)co1. The smallest absolute Gasteiger partial charge is 0.209 e. The highest BCUT2D eigenvalue weighted by molar-refractivity contribution is 7.88. The van der Waals surface area contributed by atoms with Crippen LogP contribution in [0.15, 0.2) is 34.9 Å². The van der Waals surface area contributed by atoms with Gasteiger partial charge in [0.2, 0.25) is 10.0 Å². The van der Waals surface area contributed by atoms with Gasteiger partial charge in [-0.15, -0.1) is 0 Å². The molecule has 3 rings (SSSR count). The molecule has 2 atom stereocenters. The second-order valence-electron chi connectivity index (χ2n) is 6.14. The van der Waals surface area contributed by atoms with Crippen molar-refractivity contribution >= 4 is 10.0 Å². The maximum atomic E-state index is 11.5. The van der Waals surface area contributed by atoms with E-state index < -0.39 is 10.0 Å². The lowest BCUT2D eigenvalue weighted by Crippen LogP contribution is -2.49. The number of nitrogens with zero attached hydrogens (tertiary/aromatic N) is 1. The van der Waals surface area contributed by atoms with Gasteiger partial charge in [0, 0.05) is 19.1 Å². The fourth-order valence-corrected chi connectivity index (χ4v) is 3.63. The molecule has 0 amide bonds. The van der Waals surface area contributed by atoms with Gasteiger partial charge in [-0.1, -0.05) is 0 Å². The Labute approximate surface area is 147 Å². The molecule has 1 saturated heterocycles. The van der Waals surface area contributed by atoms with Crippen LogP contribution in [-0.4, -0.2) is 45.0 Å². The summed E-state index contributed by atoms with van der Waals surface area (Å²) in [7, 11) is -3.28. The minimum absolute atomic E-state index is 0.263. The number of sulfonamides is 1. The lowest BCUT2D eigenvalue weighted by atomic mass is 10.0. The number of nitrogens with one attached hydrogen (secondary N) is 1. The summed E-state index contributed by atoms with van der Waals surface area (Å²) in [5.74, 6) is 1.31. The molecular weight excluding hydrogens is 344 g/mol. The van der Waals surface area contributed by atoms with Gasteiger partial charge in [0.05, 0.1) is 12.3 Å². The Balaban J connectivity index is 1.60. The summed E-state index contributed by atoms with van der Waals surface area (Å²) >= 11 is 0. The predicted octanol–water partition coefficient (Wildman–Crippen LogP) is 2.13. The van der Waals surface area contributed by atoms with Crippen molar-refractivity contribution in [2.24, 2.45) is 0 Å². The van der Waals surface area contributed by atoms with Gasteiger partial charge in [0.15, 0.2) is 5.89 Å². The second kappa shape index (κ2) is 7.55. The lowest BCUT2D eigenvalue weighted by molar-refractivity contribution is -0.0278. The van der Waals surface area contributed by atoms with Gasteiger partial charge in [-0.3, -0.25) is 0 Å². The number of rotatable bonds is 6. The number of benzene rings is 1. The molecule has 8 heteroatoms. The van der Waals surface area contributed by atoms with Crippen LogP contribution in [0.2, 0.25) is 0 Å². The maximum Gasteiger partial charge on any atom is 0.209 e. The zero-order chi connectivity index (χ0) is 17.9. The first-order valence-electron chi connectivity index (χ1n) is 8.15. The average molecular weight is 366 g/mol. The van der Waals surface area contributed by atoms with Crippen LogP contribution < -0.4 is 9.46 Å². The molecular formula is C17H22N2O5S. The van der Waals surface area contributed by atoms with Crippen LogP contribution >= 0.6 is 0 Å². The summed E-state index contributed by atoms with van der Waals surface area (Å²) < 4.78 is 42.2. The van der Waals surface area contributed by atoms with Crippen LogP contribution in [0.3, 0.4) is 0 Å². The molecule has 0 aliphatic carbocycles. The molecule has 2 heterocycles. The summed E-state index contributed by atoms with van der Waals surface area (Å²) in [6.07, 6.45) is 4.04. The molecule has 2 unspecified atom stereocenters. The van der Waals surface area contributed by atoms with Gasteiger partial charge in [-0.25, -0.2) is 18.1 Å². The number of aromatic nitrogens is 1. The third-order valence-corrected chi connectivity index (χ3v) is 4.72. The predicted molar refractivity (Wildman–Crippen MR) is 92.9 cm³/mol. The Bertz CT molecular complexity index is 801. The number of hydrogen-bond donors (Lipinski definition) is 1. The Hall–Kier alpha value is -1.90. The summed E-state index contributed by atoms with van der Waals surface area (Å²) in [5.41, 5.74) is 1.71. The van der Waals surface area contributed by atoms with E-state index in [4.69, 9.17) is 13.9 Å². The van der Waals surface area contributed by atoms with Crippen LogP contribution in [-0.2, 0) is 14.8 Å². The lowest BCUT2D eigenvalue weighted by Gasteiger charge is -2.31. The third kappa shape index (κ3) is 5.04. The van der Waals surface area contributed by atoms with E-state index in [1.54, 1.807) is 13.2 Å². The van der Waals surface area contributed by atoms with Gasteiger partial charge in [0.1, 0.15) is 30.4 Å². The molecule has 2 aromatic rings. The van der Waals surface area contributed by atoms with E-state index in [0.29, 0.717) is 18.2 Å². The molecule has 1 aliphatic heterocycles. The molecule has 1 aliphatic rings. The van der Waals surface area contributed by atoms with Crippen LogP contribution in [0.5, 0.6) is 5.75 Å². The van der Waals surface area contributed by atoms with Crippen LogP contribution in [0.25, 0.3) is 11.3 Å². The van der Waals surface area contributed by atoms with Crippen molar-refractivity contribution in [2.45, 2.75) is 31.9 Å². The van der Waals surface area contributed by atoms with E-state index in [-0.39, 0.29) is 18.8 Å². The van der Waals surface area contributed by atoms with Crippen molar-refractivity contribution < 1.29 is 22.3 Å². The minimum atomic E-state index is -3.28. The minimum Gasteiger partial charge on any atom is -0.491 e.